The van der Waals surface area contributed by atoms with Crippen LogP contribution in [-0.4, -0.2) is 23.7 Å². The lowest BCUT2D eigenvalue weighted by atomic mass is 10.2. The Labute approximate surface area is 101 Å². The van der Waals surface area contributed by atoms with Crippen molar-refractivity contribution in [3.05, 3.63) is 21.0 Å². The summed E-state index contributed by atoms with van der Waals surface area (Å²) in [6.07, 6.45) is 0. The minimum absolute atomic E-state index is 0.00761. The molecule has 1 aromatic heterocycles. The molecule has 0 saturated carbocycles. The average molecular weight is 325 g/mol. The van der Waals surface area contributed by atoms with Gasteiger partial charge in [-0.25, -0.2) is 4.98 Å². The van der Waals surface area contributed by atoms with Gasteiger partial charge in [0.15, 0.2) is 5.15 Å². The van der Waals surface area contributed by atoms with Crippen molar-refractivity contribution in [3.8, 4) is 0 Å². The van der Waals surface area contributed by atoms with Crippen LogP contribution in [-0.2, 0) is 4.74 Å². The summed E-state index contributed by atoms with van der Waals surface area (Å²) in [6.45, 7) is 3.65. The lowest BCUT2D eigenvalue weighted by Gasteiger charge is -2.09. The van der Waals surface area contributed by atoms with E-state index in [0.717, 1.165) is 22.5 Å². The summed E-state index contributed by atoms with van der Waals surface area (Å²) in [5.41, 5.74) is 0.857. The summed E-state index contributed by atoms with van der Waals surface area (Å²) in [7, 11) is 0. The average Bonchev–Trinajstić information content (AvgIpc) is 2.83. The Balaban J connectivity index is 2.02. The molecule has 2 heterocycles. The van der Waals surface area contributed by atoms with Gasteiger partial charge in [0.25, 0.3) is 0 Å². The molecule has 0 spiro atoms. The summed E-state index contributed by atoms with van der Waals surface area (Å²) in [5, 5.41) is 3.73. The van der Waals surface area contributed by atoms with Gasteiger partial charge in [0.1, 0.15) is 9.30 Å². The highest BCUT2D eigenvalue weighted by atomic mass is 127. The van der Waals surface area contributed by atoms with Crippen LogP contribution in [0.2, 0.25) is 5.15 Å². The Morgan fingerprint density at radius 2 is 2.43 bits per heavy atom. The van der Waals surface area contributed by atoms with Gasteiger partial charge in [-0.2, -0.15) is 0 Å². The number of epoxide rings is 1. The lowest BCUT2D eigenvalue weighted by molar-refractivity contribution is 0.335. The van der Waals surface area contributed by atoms with Crippen LogP contribution in [0.15, 0.2) is 12.1 Å². The van der Waals surface area contributed by atoms with Gasteiger partial charge in [-0.1, -0.05) is 11.6 Å². The molecule has 0 radical (unpaired) electrons. The Kier molecular flexibility index (Phi) is 2.86. The molecule has 0 aromatic carbocycles. The molecule has 0 unspecified atom stereocenters. The molecule has 1 aromatic rings. The topological polar surface area (TPSA) is 37.5 Å². The van der Waals surface area contributed by atoms with Crippen LogP contribution in [0, 0.1) is 3.70 Å². The first-order valence-corrected chi connectivity index (χ1v) is 5.75. The third-order valence-corrected chi connectivity index (χ3v) is 2.99. The molecule has 3 nitrogen and oxygen atoms in total. The number of ether oxygens (including phenoxy) is 1. The predicted octanol–water partition coefficient (Wildman–Crippen LogP) is 2.54. The van der Waals surface area contributed by atoms with E-state index in [9.17, 15) is 0 Å². The van der Waals surface area contributed by atoms with Crippen LogP contribution >= 0.6 is 34.2 Å². The number of nitrogens with zero attached hydrogens (tertiary/aromatic N) is 1. The van der Waals surface area contributed by atoms with E-state index in [0.29, 0.717) is 5.15 Å². The van der Waals surface area contributed by atoms with Crippen molar-refractivity contribution in [1.29, 1.82) is 0 Å². The van der Waals surface area contributed by atoms with Crippen LogP contribution in [0.5, 0.6) is 0 Å². The molecule has 0 aliphatic carbocycles. The highest BCUT2D eigenvalue weighted by molar-refractivity contribution is 14.1. The highest BCUT2D eigenvalue weighted by Gasteiger charge is 2.38. The number of pyridine rings is 1. The van der Waals surface area contributed by atoms with Crippen LogP contribution in [0.1, 0.15) is 6.92 Å². The van der Waals surface area contributed by atoms with Crippen molar-refractivity contribution in [2.75, 3.05) is 18.5 Å². The SMILES string of the molecule is C[C@]1(CNc2ccc(I)nc2Cl)CO1. The number of rotatable bonds is 3. The minimum Gasteiger partial charge on any atom is -0.380 e. The molecule has 1 atom stereocenters. The second kappa shape index (κ2) is 3.83. The van der Waals surface area contributed by atoms with E-state index in [-0.39, 0.29) is 5.60 Å². The Morgan fingerprint density at radius 3 is 3.00 bits per heavy atom. The standard InChI is InChI=1S/C9H10ClIN2O/c1-9(5-14-9)4-12-6-2-3-7(11)13-8(6)10/h2-3,12H,4-5H2,1H3/t9-/m0/s1. The summed E-state index contributed by atoms with van der Waals surface area (Å²) in [5.74, 6) is 0. The molecular formula is C9H10ClIN2O. The predicted molar refractivity (Wildman–Crippen MR) is 64.8 cm³/mol. The van der Waals surface area contributed by atoms with Crippen LogP contribution in [0.3, 0.4) is 0 Å². The van der Waals surface area contributed by atoms with E-state index < -0.39 is 0 Å². The second-order valence-corrected chi connectivity index (χ2v) is 5.03. The molecular weight excluding hydrogens is 314 g/mol. The van der Waals surface area contributed by atoms with Gasteiger partial charge < -0.3 is 10.1 Å². The molecule has 0 amide bonds. The van der Waals surface area contributed by atoms with Crippen molar-refractivity contribution in [3.63, 3.8) is 0 Å². The number of hydrogen-bond donors (Lipinski definition) is 1. The lowest BCUT2D eigenvalue weighted by Crippen LogP contribution is -2.19. The van der Waals surface area contributed by atoms with Crippen molar-refractivity contribution < 1.29 is 4.74 Å². The van der Waals surface area contributed by atoms with Gasteiger partial charge in [0.05, 0.1) is 12.3 Å². The molecule has 1 saturated heterocycles. The molecule has 1 aliphatic rings. The quantitative estimate of drug-likeness (QED) is 0.527. The molecule has 5 heteroatoms. The zero-order valence-corrected chi connectivity index (χ0v) is 10.6. The summed E-state index contributed by atoms with van der Waals surface area (Å²) in [4.78, 5) is 4.14. The van der Waals surface area contributed by atoms with E-state index in [1.54, 1.807) is 0 Å². The second-order valence-electron chi connectivity index (χ2n) is 3.56. The summed E-state index contributed by atoms with van der Waals surface area (Å²) in [6, 6.07) is 3.85. The fourth-order valence-corrected chi connectivity index (χ4v) is 1.84. The number of hydrogen-bond acceptors (Lipinski definition) is 3. The van der Waals surface area contributed by atoms with E-state index in [2.05, 4.69) is 39.8 Å². The number of anilines is 1. The first-order chi connectivity index (χ1) is 6.59. The van der Waals surface area contributed by atoms with Crippen LogP contribution in [0.25, 0.3) is 0 Å². The molecule has 14 heavy (non-hydrogen) atoms. The van der Waals surface area contributed by atoms with Crippen molar-refractivity contribution >= 4 is 39.9 Å². The minimum atomic E-state index is -0.00761. The molecule has 76 valence electrons. The van der Waals surface area contributed by atoms with Crippen molar-refractivity contribution in [2.45, 2.75) is 12.5 Å². The maximum absolute atomic E-state index is 5.96. The van der Waals surface area contributed by atoms with Gasteiger partial charge in [-0.15, -0.1) is 0 Å². The number of nitrogens with one attached hydrogen (secondary N) is 1. The maximum Gasteiger partial charge on any atom is 0.153 e. The fourth-order valence-electron chi connectivity index (χ4n) is 1.05. The molecule has 0 bridgehead atoms. The third-order valence-electron chi connectivity index (χ3n) is 2.10. The summed E-state index contributed by atoms with van der Waals surface area (Å²) < 4.78 is 6.15. The van der Waals surface area contributed by atoms with Gasteiger partial charge in [-0.3, -0.25) is 0 Å². The van der Waals surface area contributed by atoms with E-state index >= 15 is 0 Å². The number of halogens is 2. The molecule has 1 aliphatic heterocycles. The van der Waals surface area contributed by atoms with Gasteiger partial charge in [0.2, 0.25) is 0 Å². The zero-order valence-electron chi connectivity index (χ0n) is 7.68. The van der Waals surface area contributed by atoms with Crippen molar-refractivity contribution in [2.24, 2.45) is 0 Å². The Hall–Kier alpha value is -0.0700. The number of aromatic nitrogens is 1. The zero-order chi connectivity index (χ0) is 10.2. The summed E-state index contributed by atoms with van der Waals surface area (Å²) >= 11 is 8.09. The maximum atomic E-state index is 5.96. The van der Waals surface area contributed by atoms with Crippen LogP contribution in [0.4, 0.5) is 5.69 Å². The fraction of sp³-hybridized carbons (Fsp3) is 0.444. The monoisotopic (exact) mass is 324 g/mol. The van der Waals surface area contributed by atoms with Gasteiger partial charge in [0, 0.05) is 6.54 Å². The van der Waals surface area contributed by atoms with E-state index in [1.807, 2.05) is 12.1 Å². The molecule has 1 N–H and O–H groups in total. The van der Waals surface area contributed by atoms with Gasteiger partial charge in [-0.05, 0) is 41.6 Å². The molecule has 1 fully saturated rings. The highest BCUT2D eigenvalue weighted by Crippen LogP contribution is 2.27. The van der Waals surface area contributed by atoms with Crippen LogP contribution < -0.4 is 5.32 Å². The first-order valence-electron chi connectivity index (χ1n) is 4.29. The largest absolute Gasteiger partial charge is 0.380 e. The van der Waals surface area contributed by atoms with E-state index in [4.69, 9.17) is 16.3 Å². The van der Waals surface area contributed by atoms with E-state index in [1.165, 1.54) is 0 Å². The Morgan fingerprint density at radius 1 is 1.71 bits per heavy atom. The smallest absolute Gasteiger partial charge is 0.153 e. The normalized spacial score (nSPS) is 24.8. The molecule has 2 rings (SSSR count). The Bertz CT molecular complexity index is 355. The first kappa shape index (κ1) is 10.4. The van der Waals surface area contributed by atoms with Gasteiger partial charge >= 0.3 is 0 Å². The third kappa shape index (κ3) is 2.49. The van der Waals surface area contributed by atoms with Crippen molar-refractivity contribution in [1.82, 2.24) is 4.98 Å².